The molecule has 0 atom stereocenters. The van der Waals surface area contributed by atoms with Crippen LogP contribution in [0.1, 0.15) is 39.9 Å². The summed E-state index contributed by atoms with van der Waals surface area (Å²) in [5, 5.41) is 11.5. The fourth-order valence-electron chi connectivity index (χ4n) is 2.49. The van der Waals surface area contributed by atoms with Gasteiger partial charge in [0.15, 0.2) is 5.69 Å². The first-order valence-corrected chi connectivity index (χ1v) is 7.75. The minimum atomic E-state index is -0.955. The number of carbonyl (C=O) groups is 1. The van der Waals surface area contributed by atoms with Gasteiger partial charge in [0.1, 0.15) is 0 Å². The summed E-state index contributed by atoms with van der Waals surface area (Å²) >= 11 is 1.44. The fraction of sp³-hybridized carbons (Fsp3) is 0.429. The predicted octanol–water partition coefficient (Wildman–Crippen LogP) is 2.32. The molecule has 0 saturated carbocycles. The molecule has 0 aliphatic carbocycles. The van der Waals surface area contributed by atoms with Gasteiger partial charge in [-0.25, -0.2) is 19.7 Å². The Morgan fingerprint density at radius 3 is 2.76 bits per heavy atom. The summed E-state index contributed by atoms with van der Waals surface area (Å²) in [5.41, 5.74) is 1.12. The lowest BCUT2D eigenvalue weighted by atomic mass is 9.98. The second kappa shape index (κ2) is 5.77. The normalized spacial score (nSPS) is 16.1. The van der Waals surface area contributed by atoms with Crippen molar-refractivity contribution in [2.24, 2.45) is 0 Å². The maximum absolute atomic E-state index is 10.9. The van der Waals surface area contributed by atoms with Crippen LogP contribution >= 0.6 is 11.3 Å². The second-order valence-corrected chi connectivity index (χ2v) is 6.03. The van der Waals surface area contributed by atoms with E-state index < -0.39 is 5.97 Å². The SMILES string of the molecule is Cc1ccnc(N2CCC(c3nc(C(=O)O)cs3)CC2)n1. The molecule has 3 rings (SSSR count). The van der Waals surface area contributed by atoms with Crippen LogP contribution in [-0.4, -0.2) is 39.1 Å². The minimum absolute atomic E-state index is 0.152. The molecule has 0 spiro atoms. The predicted molar refractivity (Wildman–Crippen MR) is 80.0 cm³/mol. The number of aromatic nitrogens is 3. The highest BCUT2D eigenvalue weighted by Gasteiger charge is 2.25. The van der Waals surface area contributed by atoms with Crippen LogP contribution in [0.15, 0.2) is 17.6 Å². The first-order valence-electron chi connectivity index (χ1n) is 6.87. The first-order chi connectivity index (χ1) is 10.1. The van der Waals surface area contributed by atoms with Crippen LogP contribution in [-0.2, 0) is 0 Å². The van der Waals surface area contributed by atoms with E-state index in [1.807, 2.05) is 13.0 Å². The average Bonchev–Trinajstić information content (AvgIpc) is 2.97. The van der Waals surface area contributed by atoms with Gasteiger partial charge in [0.25, 0.3) is 0 Å². The van der Waals surface area contributed by atoms with Crippen molar-refractivity contribution in [2.75, 3.05) is 18.0 Å². The number of hydrogen-bond donors (Lipinski definition) is 1. The van der Waals surface area contributed by atoms with E-state index in [4.69, 9.17) is 5.11 Å². The molecule has 110 valence electrons. The van der Waals surface area contributed by atoms with Gasteiger partial charge in [-0.1, -0.05) is 0 Å². The number of anilines is 1. The van der Waals surface area contributed by atoms with Gasteiger partial charge >= 0.3 is 5.97 Å². The number of aryl methyl sites for hydroxylation is 1. The standard InChI is InChI=1S/C14H16N4O2S/c1-9-2-5-15-14(16-9)18-6-3-10(4-7-18)12-17-11(8-21-12)13(19)20/h2,5,8,10H,3-4,6-7H2,1H3,(H,19,20). The van der Waals surface area contributed by atoms with Crippen LogP contribution in [0.2, 0.25) is 0 Å². The Kier molecular flexibility index (Phi) is 3.83. The molecule has 1 fully saturated rings. The molecule has 2 aromatic rings. The van der Waals surface area contributed by atoms with E-state index in [1.165, 1.54) is 11.3 Å². The molecule has 21 heavy (non-hydrogen) atoms. The quantitative estimate of drug-likeness (QED) is 0.937. The smallest absolute Gasteiger partial charge is 0.355 e. The highest BCUT2D eigenvalue weighted by molar-refractivity contribution is 7.09. The van der Waals surface area contributed by atoms with Gasteiger partial charge in [0.2, 0.25) is 5.95 Å². The molecule has 1 aliphatic heterocycles. The number of carboxylic acid groups (broad SMARTS) is 1. The molecular formula is C14H16N4O2S. The third-order valence-corrected chi connectivity index (χ3v) is 4.66. The Balaban J connectivity index is 1.66. The van der Waals surface area contributed by atoms with Crippen molar-refractivity contribution >= 4 is 23.3 Å². The Hall–Kier alpha value is -2.02. The molecule has 0 bridgehead atoms. The third-order valence-electron chi connectivity index (χ3n) is 3.65. The van der Waals surface area contributed by atoms with Gasteiger partial charge in [0.05, 0.1) is 5.01 Å². The third kappa shape index (κ3) is 3.02. The molecular weight excluding hydrogens is 288 g/mol. The number of carboxylic acids is 1. The summed E-state index contributed by atoms with van der Waals surface area (Å²) in [5.74, 6) is 0.158. The molecule has 0 radical (unpaired) electrons. The molecule has 2 aromatic heterocycles. The van der Waals surface area contributed by atoms with E-state index in [1.54, 1.807) is 11.6 Å². The van der Waals surface area contributed by atoms with Crippen molar-refractivity contribution in [2.45, 2.75) is 25.7 Å². The van der Waals surface area contributed by atoms with Crippen LogP contribution in [0, 0.1) is 6.92 Å². The first kappa shape index (κ1) is 13.9. The number of aromatic carboxylic acids is 1. The second-order valence-electron chi connectivity index (χ2n) is 5.14. The van der Waals surface area contributed by atoms with Crippen molar-refractivity contribution in [3.8, 4) is 0 Å². The Bertz CT molecular complexity index is 650. The molecule has 7 heteroatoms. The van der Waals surface area contributed by atoms with Crippen LogP contribution < -0.4 is 4.90 Å². The van der Waals surface area contributed by atoms with Crippen LogP contribution in [0.4, 0.5) is 5.95 Å². The van der Waals surface area contributed by atoms with Crippen molar-refractivity contribution < 1.29 is 9.90 Å². The molecule has 6 nitrogen and oxygen atoms in total. The van der Waals surface area contributed by atoms with E-state index in [0.29, 0.717) is 5.92 Å². The number of piperidine rings is 1. The van der Waals surface area contributed by atoms with Gasteiger partial charge in [-0.15, -0.1) is 11.3 Å². The Morgan fingerprint density at radius 2 is 2.14 bits per heavy atom. The van der Waals surface area contributed by atoms with Gasteiger partial charge in [-0.3, -0.25) is 0 Å². The van der Waals surface area contributed by atoms with Crippen LogP contribution in [0.5, 0.6) is 0 Å². The average molecular weight is 304 g/mol. The lowest BCUT2D eigenvalue weighted by Gasteiger charge is -2.31. The topological polar surface area (TPSA) is 79.2 Å². The lowest BCUT2D eigenvalue weighted by Crippen LogP contribution is -2.34. The highest BCUT2D eigenvalue weighted by Crippen LogP contribution is 2.31. The van der Waals surface area contributed by atoms with Gasteiger partial charge in [-0.2, -0.15) is 0 Å². The molecule has 1 aliphatic rings. The molecule has 1 saturated heterocycles. The minimum Gasteiger partial charge on any atom is -0.476 e. The number of hydrogen-bond acceptors (Lipinski definition) is 6. The zero-order chi connectivity index (χ0) is 14.8. The zero-order valence-electron chi connectivity index (χ0n) is 11.7. The zero-order valence-corrected chi connectivity index (χ0v) is 12.5. The summed E-state index contributed by atoms with van der Waals surface area (Å²) in [6.45, 7) is 3.70. The summed E-state index contributed by atoms with van der Waals surface area (Å²) in [7, 11) is 0. The van der Waals surface area contributed by atoms with Crippen molar-refractivity contribution in [1.82, 2.24) is 15.0 Å². The van der Waals surface area contributed by atoms with E-state index >= 15 is 0 Å². The summed E-state index contributed by atoms with van der Waals surface area (Å²) in [6.07, 6.45) is 3.68. The maximum Gasteiger partial charge on any atom is 0.355 e. The largest absolute Gasteiger partial charge is 0.476 e. The van der Waals surface area contributed by atoms with Crippen molar-refractivity contribution in [1.29, 1.82) is 0 Å². The molecule has 3 heterocycles. The molecule has 1 N–H and O–H groups in total. The molecule has 0 amide bonds. The molecule has 0 unspecified atom stereocenters. The van der Waals surface area contributed by atoms with Crippen LogP contribution in [0.25, 0.3) is 0 Å². The van der Waals surface area contributed by atoms with E-state index in [-0.39, 0.29) is 5.69 Å². The highest BCUT2D eigenvalue weighted by atomic mass is 32.1. The Labute approximate surface area is 126 Å². The maximum atomic E-state index is 10.9. The van der Waals surface area contributed by atoms with E-state index in [0.717, 1.165) is 42.6 Å². The van der Waals surface area contributed by atoms with Gasteiger partial charge in [0, 0.05) is 36.3 Å². The Morgan fingerprint density at radius 1 is 1.38 bits per heavy atom. The fourth-order valence-corrected chi connectivity index (χ4v) is 3.45. The molecule has 0 aromatic carbocycles. The van der Waals surface area contributed by atoms with Crippen molar-refractivity contribution in [3.05, 3.63) is 34.0 Å². The van der Waals surface area contributed by atoms with Crippen LogP contribution in [0.3, 0.4) is 0 Å². The summed E-state index contributed by atoms with van der Waals surface area (Å²) in [4.78, 5) is 26.0. The van der Waals surface area contributed by atoms with E-state index in [2.05, 4.69) is 19.9 Å². The monoisotopic (exact) mass is 304 g/mol. The lowest BCUT2D eigenvalue weighted by molar-refractivity contribution is 0.0691. The number of thiazole rings is 1. The van der Waals surface area contributed by atoms with E-state index in [9.17, 15) is 4.79 Å². The summed E-state index contributed by atoms with van der Waals surface area (Å²) < 4.78 is 0. The van der Waals surface area contributed by atoms with Crippen molar-refractivity contribution in [3.63, 3.8) is 0 Å². The summed E-state index contributed by atoms with van der Waals surface area (Å²) in [6, 6.07) is 1.89. The number of nitrogens with zero attached hydrogens (tertiary/aromatic N) is 4. The van der Waals surface area contributed by atoms with Gasteiger partial charge in [-0.05, 0) is 25.8 Å². The number of rotatable bonds is 3. The van der Waals surface area contributed by atoms with Gasteiger partial charge < -0.3 is 10.0 Å².